The molecule has 1 saturated heterocycles. The Bertz CT molecular complexity index is 368. The van der Waals surface area contributed by atoms with Crippen molar-refractivity contribution in [3.63, 3.8) is 0 Å². The van der Waals surface area contributed by atoms with Crippen LogP contribution < -0.4 is 10.2 Å². The average molecular weight is 253 g/mol. The average Bonchev–Trinajstić information content (AvgIpc) is 2.73. The lowest BCUT2D eigenvalue weighted by atomic mass is 10.2. The van der Waals surface area contributed by atoms with E-state index in [1.54, 1.807) is 6.26 Å². The van der Waals surface area contributed by atoms with Crippen LogP contribution >= 0.6 is 0 Å². The number of ether oxygens (including phenoxy) is 1. The topological polar surface area (TPSA) is 50.5 Å². The number of morpholine rings is 1. The highest BCUT2D eigenvalue weighted by atomic mass is 16.5. The van der Waals surface area contributed by atoms with Crippen LogP contribution in [0, 0.1) is 0 Å². The van der Waals surface area contributed by atoms with Crippen LogP contribution in [0.2, 0.25) is 0 Å². The third-order valence-corrected chi connectivity index (χ3v) is 2.92. The van der Waals surface area contributed by atoms with E-state index in [2.05, 4.69) is 42.9 Å². The molecule has 1 aliphatic heterocycles. The van der Waals surface area contributed by atoms with Crippen molar-refractivity contribution in [2.45, 2.75) is 52.5 Å². The minimum atomic E-state index is 0.220. The van der Waals surface area contributed by atoms with Crippen LogP contribution in [0.25, 0.3) is 0 Å². The minimum Gasteiger partial charge on any atom is -0.432 e. The summed E-state index contributed by atoms with van der Waals surface area (Å²) in [5.41, 5.74) is 0.950. The van der Waals surface area contributed by atoms with E-state index in [4.69, 9.17) is 9.15 Å². The summed E-state index contributed by atoms with van der Waals surface area (Å²) in [5, 5.41) is 3.33. The van der Waals surface area contributed by atoms with Crippen LogP contribution in [0.4, 0.5) is 6.01 Å². The number of nitrogens with one attached hydrogen (secondary N) is 1. The molecule has 2 rings (SSSR count). The van der Waals surface area contributed by atoms with E-state index in [0.717, 1.165) is 25.3 Å². The van der Waals surface area contributed by atoms with E-state index in [1.165, 1.54) is 0 Å². The number of rotatable bonds is 4. The number of oxazole rings is 1. The van der Waals surface area contributed by atoms with Crippen molar-refractivity contribution < 1.29 is 9.15 Å². The van der Waals surface area contributed by atoms with Gasteiger partial charge < -0.3 is 19.4 Å². The second kappa shape index (κ2) is 5.71. The molecule has 0 spiro atoms. The number of aromatic nitrogens is 1. The summed E-state index contributed by atoms with van der Waals surface area (Å²) >= 11 is 0. The van der Waals surface area contributed by atoms with Gasteiger partial charge in [-0.25, -0.2) is 0 Å². The van der Waals surface area contributed by atoms with Gasteiger partial charge in [0, 0.05) is 25.7 Å². The van der Waals surface area contributed by atoms with E-state index in [9.17, 15) is 0 Å². The van der Waals surface area contributed by atoms with Crippen LogP contribution in [0.1, 0.15) is 33.4 Å². The van der Waals surface area contributed by atoms with E-state index < -0.39 is 0 Å². The molecule has 2 heterocycles. The number of anilines is 1. The zero-order chi connectivity index (χ0) is 13.1. The lowest BCUT2D eigenvalue weighted by molar-refractivity contribution is -0.00670. The van der Waals surface area contributed by atoms with Gasteiger partial charge in [0.05, 0.1) is 17.9 Å². The van der Waals surface area contributed by atoms with E-state index in [-0.39, 0.29) is 12.2 Å². The Labute approximate surface area is 109 Å². The van der Waals surface area contributed by atoms with Crippen LogP contribution in [0.15, 0.2) is 10.7 Å². The molecule has 0 saturated carbocycles. The Morgan fingerprint density at radius 2 is 2.06 bits per heavy atom. The molecule has 1 fully saturated rings. The summed E-state index contributed by atoms with van der Waals surface area (Å²) in [5.74, 6) is 0. The molecule has 0 aliphatic carbocycles. The molecule has 1 aliphatic rings. The third kappa shape index (κ3) is 3.46. The summed E-state index contributed by atoms with van der Waals surface area (Å²) < 4.78 is 11.3. The third-order valence-electron chi connectivity index (χ3n) is 2.92. The van der Waals surface area contributed by atoms with Gasteiger partial charge in [-0.15, -0.1) is 0 Å². The maximum absolute atomic E-state index is 5.70. The Balaban J connectivity index is 1.96. The normalized spacial score (nSPS) is 24.8. The second-order valence-electron chi connectivity index (χ2n) is 5.32. The quantitative estimate of drug-likeness (QED) is 0.886. The van der Waals surface area contributed by atoms with E-state index in [1.807, 2.05) is 0 Å². The van der Waals surface area contributed by atoms with Crippen LogP contribution in [0.3, 0.4) is 0 Å². The molecule has 1 aromatic rings. The molecule has 18 heavy (non-hydrogen) atoms. The number of nitrogens with zero attached hydrogens (tertiary/aromatic N) is 2. The fourth-order valence-corrected chi connectivity index (χ4v) is 2.17. The molecule has 5 heteroatoms. The Morgan fingerprint density at radius 3 is 2.67 bits per heavy atom. The van der Waals surface area contributed by atoms with Crippen molar-refractivity contribution in [3.05, 3.63) is 12.0 Å². The zero-order valence-electron chi connectivity index (χ0n) is 11.6. The SMILES string of the molecule is CC(C)NCc1coc(N2CC(C)OC(C)C2)n1. The van der Waals surface area contributed by atoms with Crippen LogP contribution in [-0.2, 0) is 11.3 Å². The van der Waals surface area contributed by atoms with Crippen molar-refractivity contribution in [2.24, 2.45) is 0 Å². The lowest BCUT2D eigenvalue weighted by Crippen LogP contribution is -2.45. The van der Waals surface area contributed by atoms with Crippen LogP contribution in [0.5, 0.6) is 0 Å². The van der Waals surface area contributed by atoms with Crippen molar-refractivity contribution in [3.8, 4) is 0 Å². The first-order chi connectivity index (χ1) is 8.54. The van der Waals surface area contributed by atoms with Gasteiger partial charge in [0.25, 0.3) is 6.01 Å². The van der Waals surface area contributed by atoms with Gasteiger partial charge in [-0.05, 0) is 13.8 Å². The molecule has 1 N–H and O–H groups in total. The number of hydrogen-bond acceptors (Lipinski definition) is 5. The van der Waals surface area contributed by atoms with Crippen LogP contribution in [-0.4, -0.2) is 36.3 Å². The summed E-state index contributed by atoms with van der Waals surface area (Å²) in [6.45, 7) is 10.8. The molecule has 0 radical (unpaired) electrons. The highest BCUT2D eigenvalue weighted by Gasteiger charge is 2.25. The molecule has 2 unspecified atom stereocenters. The Hall–Kier alpha value is -1.07. The lowest BCUT2D eigenvalue weighted by Gasteiger charge is -2.34. The number of hydrogen-bond donors (Lipinski definition) is 1. The molecule has 102 valence electrons. The predicted octanol–water partition coefficient (Wildman–Crippen LogP) is 1.79. The molecular weight excluding hydrogens is 230 g/mol. The maximum atomic E-state index is 5.70. The van der Waals surface area contributed by atoms with Gasteiger partial charge in [0.1, 0.15) is 6.26 Å². The van der Waals surface area contributed by atoms with E-state index >= 15 is 0 Å². The van der Waals surface area contributed by atoms with Crippen molar-refractivity contribution in [2.75, 3.05) is 18.0 Å². The first kappa shape index (κ1) is 13.4. The van der Waals surface area contributed by atoms with Gasteiger partial charge in [0.2, 0.25) is 0 Å². The second-order valence-corrected chi connectivity index (χ2v) is 5.32. The van der Waals surface area contributed by atoms with Crippen molar-refractivity contribution in [1.82, 2.24) is 10.3 Å². The maximum Gasteiger partial charge on any atom is 0.297 e. The van der Waals surface area contributed by atoms with E-state index in [0.29, 0.717) is 12.1 Å². The highest BCUT2D eigenvalue weighted by Crippen LogP contribution is 2.19. The molecular formula is C13H23N3O2. The summed E-state index contributed by atoms with van der Waals surface area (Å²) in [7, 11) is 0. The summed E-state index contributed by atoms with van der Waals surface area (Å²) in [6.07, 6.45) is 2.17. The zero-order valence-corrected chi connectivity index (χ0v) is 11.6. The summed E-state index contributed by atoms with van der Waals surface area (Å²) in [6, 6.07) is 1.16. The Morgan fingerprint density at radius 1 is 1.39 bits per heavy atom. The Kier molecular flexibility index (Phi) is 4.24. The molecule has 0 bridgehead atoms. The first-order valence-electron chi connectivity index (χ1n) is 6.62. The minimum absolute atomic E-state index is 0.220. The van der Waals surface area contributed by atoms with Gasteiger partial charge in [-0.3, -0.25) is 0 Å². The predicted molar refractivity (Wildman–Crippen MR) is 70.7 cm³/mol. The van der Waals surface area contributed by atoms with Crippen molar-refractivity contribution in [1.29, 1.82) is 0 Å². The molecule has 2 atom stereocenters. The van der Waals surface area contributed by atoms with Gasteiger partial charge in [-0.1, -0.05) is 13.8 Å². The fraction of sp³-hybridized carbons (Fsp3) is 0.769. The highest BCUT2D eigenvalue weighted by molar-refractivity contribution is 5.28. The first-order valence-corrected chi connectivity index (χ1v) is 6.62. The van der Waals surface area contributed by atoms with Gasteiger partial charge in [-0.2, -0.15) is 4.98 Å². The standard InChI is InChI=1S/C13H23N3O2/c1-9(2)14-5-12-8-17-13(15-12)16-6-10(3)18-11(4)7-16/h8-11,14H,5-7H2,1-4H3. The van der Waals surface area contributed by atoms with Crippen molar-refractivity contribution >= 4 is 6.01 Å². The van der Waals surface area contributed by atoms with Gasteiger partial charge in [0.15, 0.2) is 0 Å². The largest absolute Gasteiger partial charge is 0.432 e. The monoisotopic (exact) mass is 253 g/mol. The fourth-order valence-electron chi connectivity index (χ4n) is 2.17. The smallest absolute Gasteiger partial charge is 0.297 e. The molecule has 1 aromatic heterocycles. The molecule has 0 aromatic carbocycles. The molecule has 0 amide bonds. The van der Waals surface area contributed by atoms with Gasteiger partial charge >= 0.3 is 0 Å². The molecule has 5 nitrogen and oxygen atoms in total. The summed E-state index contributed by atoms with van der Waals surface area (Å²) in [4.78, 5) is 6.67.